The van der Waals surface area contributed by atoms with Crippen LogP contribution in [0.3, 0.4) is 0 Å². The molecule has 0 radical (unpaired) electrons. The molecule has 0 fully saturated rings. The molecule has 0 aliphatic carbocycles. The van der Waals surface area contributed by atoms with Crippen LogP contribution in [-0.2, 0) is 0 Å². The maximum Gasteiger partial charge on any atom is 0.192 e. The average molecular weight is 148 g/mol. The first-order valence-electron chi connectivity index (χ1n) is 3.25. The SMILES string of the molecule is CC(=O)c1ccc([NH+]=[N-])cc1. The van der Waals surface area contributed by atoms with E-state index >= 15 is 0 Å². The predicted octanol–water partition coefficient (Wildman–Crippen LogP) is 0.623. The lowest BCUT2D eigenvalue weighted by Gasteiger charge is -1.92. The number of rotatable bonds is 2. The molecular weight excluding hydrogens is 140 g/mol. The quantitative estimate of drug-likeness (QED) is 0.485. The van der Waals surface area contributed by atoms with Crippen LogP contribution >= 0.6 is 0 Å². The van der Waals surface area contributed by atoms with E-state index in [4.69, 9.17) is 5.53 Å². The van der Waals surface area contributed by atoms with E-state index in [2.05, 4.69) is 0 Å². The van der Waals surface area contributed by atoms with Crippen molar-refractivity contribution in [3.63, 3.8) is 0 Å². The van der Waals surface area contributed by atoms with Crippen molar-refractivity contribution in [1.29, 1.82) is 0 Å². The molecule has 0 unspecified atom stereocenters. The number of carbonyl (C=O) groups excluding carboxylic acids is 1. The second-order valence-corrected chi connectivity index (χ2v) is 2.25. The summed E-state index contributed by atoms with van der Waals surface area (Å²) < 4.78 is 0. The highest BCUT2D eigenvalue weighted by atomic mass is 16.1. The molecule has 3 nitrogen and oxygen atoms in total. The molecule has 0 aromatic heterocycles. The Hall–Kier alpha value is -1.51. The third-order valence-electron chi connectivity index (χ3n) is 1.42. The Balaban J connectivity index is 3.00. The molecule has 0 bridgehead atoms. The second-order valence-electron chi connectivity index (χ2n) is 2.25. The normalized spacial score (nSPS) is 9.18. The van der Waals surface area contributed by atoms with Gasteiger partial charge in [-0.3, -0.25) is 9.91 Å². The Kier molecular flexibility index (Phi) is 2.11. The molecule has 0 saturated heterocycles. The van der Waals surface area contributed by atoms with Crippen LogP contribution in [0, 0.1) is 0 Å². The van der Waals surface area contributed by atoms with E-state index in [9.17, 15) is 4.79 Å². The lowest BCUT2D eigenvalue weighted by molar-refractivity contribution is -0.379. The van der Waals surface area contributed by atoms with Crippen LogP contribution in [0.2, 0.25) is 0 Å². The van der Waals surface area contributed by atoms with Gasteiger partial charge >= 0.3 is 0 Å². The lowest BCUT2D eigenvalue weighted by Crippen LogP contribution is -2.54. The number of benzene rings is 1. The van der Waals surface area contributed by atoms with Gasteiger partial charge in [0.1, 0.15) is 0 Å². The first-order valence-corrected chi connectivity index (χ1v) is 3.25. The summed E-state index contributed by atoms with van der Waals surface area (Å²) in [6.45, 7) is 1.50. The summed E-state index contributed by atoms with van der Waals surface area (Å²) in [5.41, 5.74) is 9.65. The van der Waals surface area contributed by atoms with Crippen LogP contribution in [0.15, 0.2) is 24.3 Å². The number of ketones is 1. The van der Waals surface area contributed by atoms with Gasteiger partial charge in [0.25, 0.3) is 0 Å². The minimum Gasteiger partial charge on any atom is -0.502 e. The Morgan fingerprint density at radius 1 is 1.36 bits per heavy atom. The van der Waals surface area contributed by atoms with Gasteiger partial charge in [-0.25, -0.2) is 0 Å². The maximum absolute atomic E-state index is 10.8. The first kappa shape index (κ1) is 7.60. The zero-order valence-electron chi connectivity index (χ0n) is 6.16. The van der Waals surface area contributed by atoms with Gasteiger partial charge in [0.15, 0.2) is 11.5 Å². The van der Waals surface area contributed by atoms with Gasteiger partial charge in [0.2, 0.25) is 0 Å². The Bertz CT molecular complexity index is 277. The van der Waals surface area contributed by atoms with Gasteiger partial charge in [-0.15, -0.1) is 0 Å². The fraction of sp³-hybridized carbons (Fsp3) is 0.125. The predicted molar refractivity (Wildman–Crippen MR) is 40.4 cm³/mol. The summed E-state index contributed by atoms with van der Waals surface area (Å²) in [6, 6.07) is 6.58. The van der Waals surface area contributed by atoms with E-state index in [1.807, 2.05) is 5.11 Å². The molecule has 0 aliphatic heterocycles. The highest BCUT2D eigenvalue weighted by Gasteiger charge is 1.98. The van der Waals surface area contributed by atoms with E-state index in [1.165, 1.54) is 6.92 Å². The van der Waals surface area contributed by atoms with Crippen molar-refractivity contribution in [2.75, 3.05) is 0 Å². The lowest BCUT2D eigenvalue weighted by atomic mass is 10.1. The molecule has 0 heterocycles. The fourth-order valence-corrected chi connectivity index (χ4v) is 0.779. The summed E-state index contributed by atoms with van der Waals surface area (Å²) >= 11 is 0. The van der Waals surface area contributed by atoms with E-state index in [1.54, 1.807) is 24.3 Å². The monoisotopic (exact) mass is 148 g/mol. The van der Waals surface area contributed by atoms with Crippen molar-refractivity contribution in [2.24, 2.45) is 0 Å². The number of Topliss-reactive ketones (excluding diaryl/α,β-unsaturated/α-hetero) is 1. The van der Waals surface area contributed by atoms with E-state index in [-0.39, 0.29) is 5.78 Å². The summed E-state index contributed by atoms with van der Waals surface area (Å²) in [6.07, 6.45) is 0. The molecule has 1 rings (SSSR count). The van der Waals surface area contributed by atoms with Crippen molar-refractivity contribution in [3.8, 4) is 0 Å². The topological polar surface area (TPSA) is 53.3 Å². The number of nitrogens with one attached hydrogen (secondary N) is 1. The van der Waals surface area contributed by atoms with Gasteiger partial charge in [0, 0.05) is 17.7 Å². The fourth-order valence-electron chi connectivity index (χ4n) is 0.779. The summed E-state index contributed by atoms with van der Waals surface area (Å²) in [4.78, 5) is 10.8. The summed E-state index contributed by atoms with van der Waals surface area (Å²) in [7, 11) is 0. The van der Waals surface area contributed by atoms with Crippen molar-refractivity contribution >= 4 is 11.5 Å². The Morgan fingerprint density at radius 2 is 1.91 bits per heavy atom. The minimum absolute atomic E-state index is 0.0227. The van der Waals surface area contributed by atoms with Crippen LogP contribution in [0.25, 0.3) is 5.53 Å². The average Bonchev–Trinajstić information content (AvgIpc) is 2.05. The van der Waals surface area contributed by atoms with Gasteiger partial charge in [-0.2, -0.15) is 0 Å². The number of hydrogen-bond donors (Lipinski definition) is 1. The summed E-state index contributed by atoms with van der Waals surface area (Å²) in [5.74, 6) is 0.0227. The molecule has 0 spiro atoms. The van der Waals surface area contributed by atoms with Crippen LogP contribution in [-0.4, -0.2) is 5.78 Å². The van der Waals surface area contributed by atoms with Crippen molar-refractivity contribution in [3.05, 3.63) is 35.4 Å². The number of carbonyl (C=O) groups is 1. The van der Waals surface area contributed by atoms with Crippen LogP contribution in [0.1, 0.15) is 17.3 Å². The van der Waals surface area contributed by atoms with Gasteiger partial charge in [0.05, 0.1) is 0 Å². The molecule has 0 aliphatic rings. The Morgan fingerprint density at radius 3 is 2.27 bits per heavy atom. The maximum atomic E-state index is 10.8. The van der Waals surface area contributed by atoms with Crippen LogP contribution in [0.4, 0.5) is 5.69 Å². The first-order chi connectivity index (χ1) is 5.24. The molecule has 3 heteroatoms. The largest absolute Gasteiger partial charge is 0.502 e. The highest BCUT2D eigenvalue weighted by Crippen LogP contribution is 2.04. The van der Waals surface area contributed by atoms with Crippen molar-refractivity contribution in [1.82, 2.24) is 0 Å². The standard InChI is InChI=1S/C8H8N2O/c1-6(11)7-2-4-8(10-9)5-3-7/h2-5,10H,1H3. The molecule has 0 atom stereocenters. The molecule has 56 valence electrons. The van der Waals surface area contributed by atoms with E-state index in [0.29, 0.717) is 11.3 Å². The highest BCUT2D eigenvalue weighted by molar-refractivity contribution is 5.94. The van der Waals surface area contributed by atoms with Crippen molar-refractivity contribution in [2.45, 2.75) is 6.92 Å². The van der Waals surface area contributed by atoms with Gasteiger partial charge < -0.3 is 5.53 Å². The van der Waals surface area contributed by atoms with E-state index < -0.39 is 0 Å². The molecule has 1 N–H and O–H groups in total. The van der Waals surface area contributed by atoms with Crippen LogP contribution < -0.4 is 5.11 Å². The number of hydrogen-bond acceptors (Lipinski definition) is 1. The molecular formula is C8H8N2O. The zero-order valence-corrected chi connectivity index (χ0v) is 6.16. The van der Waals surface area contributed by atoms with Crippen molar-refractivity contribution < 1.29 is 9.91 Å². The molecule has 11 heavy (non-hydrogen) atoms. The van der Waals surface area contributed by atoms with Gasteiger partial charge in [-0.05, 0) is 19.1 Å². The smallest absolute Gasteiger partial charge is 0.192 e. The number of nitrogens with zero attached hydrogens (tertiary/aromatic N) is 1. The molecule has 1 aromatic carbocycles. The molecule has 0 saturated carbocycles. The van der Waals surface area contributed by atoms with Crippen LogP contribution in [0.5, 0.6) is 0 Å². The molecule has 1 aromatic rings. The minimum atomic E-state index is 0.0227. The second kappa shape index (κ2) is 3.05. The third kappa shape index (κ3) is 1.70. The zero-order chi connectivity index (χ0) is 8.27. The Labute approximate surface area is 64.6 Å². The summed E-state index contributed by atoms with van der Waals surface area (Å²) in [5, 5.41) is 1.98. The van der Waals surface area contributed by atoms with Gasteiger partial charge in [-0.1, -0.05) is 0 Å². The molecule has 0 amide bonds. The van der Waals surface area contributed by atoms with E-state index in [0.717, 1.165) is 0 Å². The third-order valence-corrected chi connectivity index (χ3v) is 1.42.